The van der Waals surface area contributed by atoms with Crippen molar-refractivity contribution < 1.29 is 4.79 Å². The zero-order chi connectivity index (χ0) is 13.7. The van der Waals surface area contributed by atoms with Crippen LogP contribution >= 0.6 is 0 Å². The van der Waals surface area contributed by atoms with E-state index in [4.69, 9.17) is 5.73 Å². The summed E-state index contributed by atoms with van der Waals surface area (Å²) in [5, 5.41) is 7.86. The molecule has 0 fully saturated rings. The molecule has 1 rings (SSSR count). The van der Waals surface area contributed by atoms with E-state index in [9.17, 15) is 4.79 Å². The van der Waals surface area contributed by atoms with E-state index in [0.29, 0.717) is 18.9 Å². The molecule has 3 N–H and O–H groups in total. The fourth-order valence-corrected chi connectivity index (χ4v) is 1.91. The summed E-state index contributed by atoms with van der Waals surface area (Å²) in [4.78, 5) is 10.8. The third-order valence-corrected chi connectivity index (χ3v) is 2.96. The topological polar surface area (TPSA) is 72.9 Å². The van der Waals surface area contributed by atoms with E-state index < -0.39 is 0 Å². The number of hydrogen-bond acceptors (Lipinski definition) is 3. The standard InChI is InChI=1S/C13H24N4O/c1-9(2)7-15-8-12-10(3)16-17(11(12)4)6-5-13(14)18/h9,15H,5-8H2,1-4H3,(H2,14,18). The van der Waals surface area contributed by atoms with E-state index in [0.717, 1.165) is 24.5 Å². The van der Waals surface area contributed by atoms with Gasteiger partial charge in [0.1, 0.15) is 0 Å². The van der Waals surface area contributed by atoms with E-state index in [1.807, 2.05) is 18.5 Å². The molecule has 1 aromatic heterocycles. The number of primary amides is 1. The van der Waals surface area contributed by atoms with Crippen molar-refractivity contribution in [1.29, 1.82) is 0 Å². The highest BCUT2D eigenvalue weighted by molar-refractivity contribution is 5.73. The first kappa shape index (κ1) is 14.7. The third-order valence-electron chi connectivity index (χ3n) is 2.96. The third kappa shape index (κ3) is 4.14. The van der Waals surface area contributed by atoms with Crippen LogP contribution < -0.4 is 11.1 Å². The molecule has 0 unspecified atom stereocenters. The number of carbonyl (C=O) groups is 1. The molecule has 5 heteroatoms. The minimum absolute atomic E-state index is 0.290. The zero-order valence-electron chi connectivity index (χ0n) is 11.8. The van der Waals surface area contributed by atoms with Crippen LogP contribution in [0.1, 0.15) is 37.2 Å². The number of carbonyl (C=O) groups excluding carboxylic acids is 1. The van der Waals surface area contributed by atoms with Gasteiger partial charge in [-0.3, -0.25) is 9.48 Å². The lowest BCUT2D eigenvalue weighted by molar-refractivity contribution is -0.118. The lowest BCUT2D eigenvalue weighted by Gasteiger charge is -2.08. The minimum Gasteiger partial charge on any atom is -0.370 e. The van der Waals surface area contributed by atoms with E-state index in [2.05, 4.69) is 24.3 Å². The van der Waals surface area contributed by atoms with Gasteiger partial charge in [-0.25, -0.2) is 0 Å². The largest absolute Gasteiger partial charge is 0.370 e. The number of nitrogens with one attached hydrogen (secondary N) is 1. The van der Waals surface area contributed by atoms with Gasteiger partial charge in [0, 0.05) is 30.8 Å². The van der Waals surface area contributed by atoms with Gasteiger partial charge in [0.05, 0.1) is 5.69 Å². The molecule has 102 valence electrons. The van der Waals surface area contributed by atoms with Gasteiger partial charge in [-0.05, 0) is 26.3 Å². The van der Waals surface area contributed by atoms with Crippen LogP contribution in [-0.4, -0.2) is 22.2 Å². The first-order valence-electron chi connectivity index (χ1n) is 6.43. The Labute approximate surface area is 109 Å². The summed E-state index contributed by atoms with van der Waals surface area (Å²) in [6.07, 6.45) is 0.334. The highest BCUT2D eigenvalue weighted by atomic mass is 16.1. The number of hydrogen-bond donors (Lipinski definition) is 2. The molecule has 1 amide bonds. The Bertz CT molecular complexity index is 409. The Morgan fingerprint density at radius 2 is 2.11 bits per heavy atom. The first-order chi connectivity index (χ1) is 8.41. The molecule has 0 atom stereocenters. The molecule has 5 nitrogen and oxygen atoms in total. The molecular weight excluding hydrogens is 228 g/mol. The van der Waals surface area contributed by atoms with Crippen molar-refractivity contribution in [3.63, 3.8) is 0 Å². The van der Waals surface area contributed by atoms with Gasteiger partial charge in [-0.1, -0.05) is 13.8 Å². The van der Waals surface area contributed by atoms with Crippen molar-refractivity contribution in [2.75, 3.05) is 6.54 Å². The minimum atomic E-state index is -0.290. The Morgan fingerprint density at radius 3 is 2.67 bits per heavy atom. The molecule has 0 spiro atoms. The van der Waals surface area contributed by atoms with Gasteiger partial charge < -0.3 is 11.1 Å². The summed E-state index contributed by atoms with van der Waals surface area (Å²) in [6.45, 7) is 10.8. The maximum absolute atomic E-state index is 10.8. The number of aryl methyl sites for hydroxylation is 2. The van der Waals surface area contributed by atoms with Gasteiger partial charge in [0.25, 0.3) is 0 Å². The van der Waals surface area contributed by atoms with Crippen LogP contribution in [0.2, 0.25) is 0 Å². The molecule has 0 saturated carbocycles. The van der Waals surface area contributed by atoms with E-state index in [1.165, 1.54) is 5.56 Å². The molecule has 1 heterocycles. The molecule has 1 aromatic rings. The fourth-order valence-electron chi connectivity index (χ4n) is 1.91. The van der Waals surface area contributed by atoms with Crippen LogP contribution in [0.25, 0.3) is 0 Å². The fraction of sp³-hybridized carbons (Fsp3) is 0.692. The summed E-state index contributed by atoms with van der Waals surface area (Å²) < 4.78 is 1.87. The predicted octanol–water partition coefficient (Wildman–Crippen LogP) is 1.12. The first-order valence-corrected chi connectivity index (χ1v) is 6.43. The second-order valence-corrected chi connectivity index (χ2v) is 5.11. The lowest BCUT2D eigenvalue weighted by Crippen LogP contribution is -2.20. The smallest absolute Gasteiger partial charge is 0.219 e. The number of amides is 1. The molecule has 0 aliphatic rings. The van der Waals surface area contributed by atoms with Crippen LogP contribution in [0, 0.1) is 19.8 Å². The van der Waals surface area contributed by atoms with Crippen molar-refractivity contribution in [3.8, 4) is 0 Å². The Kier molecular flexibility index (Phi) is 5.34. The van der Waals surface area contributed by atoms with E-state index >= 15 is 0 Å². The average Bonchev–Trinajstić information content (AvgIpc) is 2.53. The normalized spacial score (nSPS) is 11.2. The molecule has 18 heavy (non-hydrogen) atoms. The second kappa shape index (κ2) is 6.54. The quantitative estimate of drug-likeness (QED) is 0.764. The Balaban J connectivity index is 2.65. The Morgan fingerprint density at radius 1 is 1.44 bits per heavy atom. The van der Waals surface area contributed by atoms with Crippen molar-refractivity contribution >= 4 is 5.91 Å². The highest BCUT2D eigenvalue weighted by Crippen LogP contribution is 2.13. The summed E-state index contributed by atoms with van der Waals surface area (Å²) in [5.74, 6) is 0.345. The van der Waals surface area contributed by atoms with Gasteiger partial charge in [0.2, 0.25) is 5.91 Å². The maximum Gasteiger partial charge on any atom is 0.219 e. The van der Waals surface area contributed by atoms with Crippen LogP contribution in [0.15, 0.2) is 0 Å². The lowest BCUT2D eigenvalue weighted by atomic mass is 10.2. The van der Waals surface area contributed by atoms with E-state index in [1.54, 1.807) is 0 Å². The number of rotatable bonds is 7. The molecule has 0 saturated heterocycles. The molecule has 0 radical (unpaired) electrons. The van der Waals surface area contributed by atoms with Crippen molar-refractivity contribution in [1.82, 2.24) is 15.1 Å². The summed E-state index contributed by atoms with van der Waals surface area (Å²) in [7, 11) is 0. The van der Waals surface area contributed by atoms with Crippen LogP contribution in [0.4, 0.5) is 0 Å². The van der Waals surface area contributed by atoms with Crippen LogP contribution in [-0.2, 0) is 17.9 Å². The van der Waals surface area contributed by atoms with E-state index in [-0.39, 0.29) is 5.91 Å². The van der Waals surface area contributed by atoms with Crippen molar-refractivity contribution in [3.05, 3.63) is 17.0 Å². The molecule has 0 aliphatic carbocycles. The van der Waals surface area contributed by atoms with Crippen LogP contribution in [0.5, 0.6) is 0 Å². The summed E-state index contributed by atoms with van der Waals surface area (Å²) >= 11 is 0. The summed E-state index contributed by atoms with van der Waals surface area (Å²) in [6, 6.07) is 0. The number of nitrogens with two attached hydrogens (primary N) is 1. The van der Waals surface area contributed by atoms with Gasteiger partial charge in [0.15, 0.2) is 0 Å². The average molecular weight is 252 g/mol. The van der Waals surface area contributed by atoms with Gasteiger partial charge in [-0.2, -0.15) is 5.10 Å². The molecular formula is C13H24N4O. The monoisotopic (exact) mass is 252 g/mol. The maximum atomic E-state index is 10.8. The zero-order valence-corrected chi connectivity index (χ0v) is 11.8. The molecule has 0 bridgehead atoms. The molecule has 0 aliphatic heterocycles. The second-order valence-electron chi connectivity index (χ2n) is 5.11. The SMILES string of the molecule is Cc1nn(CCC(N)=O)c(C)c1CNCC(C)C. The number of nitrogens with zero attached hydrogens (tertiary/aromatic N) is 2. The number of aromatic nitrogens is 2. The summed E-state index contributed by atoms with van der Waals surface area (Å²) in [5.41, 5.74) is 8.52. The van der Waals surface area contributed by atoms with Gasteiger partial charge >= 0.3 is 0 Å². The highest BCUT2D eigenvalue weighted by Gasteiger charge is 2.11. The van der Waals surface area contributed by atoms with Crippen molar-refractivity contribution in [2.24, 2.45) is 11.7 Å². The van der Waals surface area contributed by atoms with Crippen LogP contribution in [0.3, 0.4) is 0 Å². The molecule has 0 aromatic carbocycles. The van der Waals surface area contributed by atoms with Gasteiger partial charge in [-0.15, -0.1) is 0 Å². The van der Waals surface area contributed by atoms with Crippen molar-refractivity contribution in [2.45, 2.75) is 47.2 Å². The predicted molar refractivity (Wildman–Crippen MR) is 72.1 cm³/mol. The Hall–Kier alpha value is -1.36.